The molecule has 0 spiro atoms. The number of aliphatic hydroxyl groups is 1. The van der Waals surface area contributed by atoms with Gasteiger partial charge in [0.2, 0.25) is 5.91 Å². The van der Waals surface area contributed by atoms with Crippen molar-refractivity contribution in [3.8, 4) is 0 Å². The molecule has 4 heteroatoms. The first-order valence-electron chi connectivity index (χ1n) is 6.67. The number of aliphatic hydroxyl groups excluding tert-OH is 1. The monoisotopic (exact) mass is 262 g/mol. The molecule has 1 aliphatic heterocycles. The van der Waals surface area contributed by atoms with Gasteiger partial charge in [-0.2, -0.15) is 0 Å². The van der Waals surface area contributed by atoms with E-state index in [9.17, 15) is 9.90 Å². The van der Waals surface area contributed by atoms with Gasteiger partial charge in [-0.3, -0.25) is 4.79 Å². The first kappa shape index (κ1) is 13.9. The minimum Gasteiger partial charge on any atom is -0.394 e. The van der Waals surface area contributed by atoms with Crippen LogP contribution in [0.15, 0.2) is 18.2 Å². The van der Waals surface area contributed by atoms with Crippen LogP contribution in [0, 0.1) is 13.8 Å². The molecule has 1 aromatic carbocycles. The summed E-state index contributed by atoms with van der Waals surface area (Å²) in [5.74, 6) is -0.0109. The Kier molecular flexibility index (Phi) is 3.80. The van der Waals surface area contributed by atoms with Crippen molar-refractivity contribution in [3.63, 3.8) is 0 Å². The normalized spacial score (nSPS) is 23.9. The third kappa shape index (κ3) is 2.32. The van der Waals surface area contributed by atoms with Gasteiger partial charge in [-0.1, -0.05) is 18.2 Å². The highest BCUT2D eigenvalue weighted by atomic mass is 16.3. The lowest BCUT2D eigenvalue weighted by Gasteiger charge is -2.45. The molecule has 1 aliphatic rings. The van der Waals surface area contributed by atoms with Crippen LogP contribution in [-0.2, 0) is 4.79 Å². The number of piperazine rings is 1. The lowest BCUT2D eigenvalue weighted by atomic mass is 10.0. The molecule has 1 heterocycles. The number of aryl methyl sites for hydroxylation is 2. The lowest BCUT2D eigenvalue weighted by Crippen LogP contribution is -2.61. The summed E-state index contributed by atoms with van der Waals surface area (Å²) in [5, 5.41) is 9.62. The number of para-hydroxylation sites is 1. The predicted molar refractivity (Wildman–Crippen MR) is 76.4 cm³/mol. The second kappa shape index (κ2) is 5.21. The fourth-order valence-corrected chi connectivity index (χ4v) is 3.01. The van der Waals surface area contributed by atoms with Gasteiger partial charge in [0.25, 0.3) is 0 Å². The molecule has 19 heavy (non-hydrogen) atoms. The number of likely N-dealkylation sites (N-methyl/N-ethyl adjacent to an activating group) is 1. The van der Waals surface area contributed by atoms with Gasteiger partial charge in [0.1, 0.15) is 6.04 Å². The van der Waals surface area contributed by atoms with Crippen molar-refractivity contribution < 1.29 is 9.90 Å². The molecule has 4 nitrogen and oxygen atoms in total. The fraction of sp³-hybridized carbons (Fsp3) is 0.533. The maximum atomic E-state index is 12.2. The number of rotatable bonds is 2. The molecule has 0 aromatic heterocycles. The van der Waals surface area contributed by atoms with E-state index in [1.807, 2.05) is 32.0 Å². The molecule has 1 saturated heterocycles. The van der Waals surface area contributed by atoms with Crippen molar-refractivity contribution in [2.75, 3.05) is 25.1 Å². The van der Waals surface area contributed by atoms with Crippen LogP contribution in [0.3, 0.4) is 0 Å². The second-order valence-corrected chi connectivity index (χ2v) is 5.41. The van der Waals surface area contributed by atoms with Gasteiger partial charge in [0, 0.05) is 25.3 Å². The number of benzene rings is 1. The summed E-state index contributed by atoms with van der Waals surface area (Å²) in [6, 6.07) is 5.83. The van der Waals surface area contributed by atoms with Gasteiger partial charge in [-0.05, 0) is 31.9 Å². The van der Waals surface area contributed by atoms with E-state index in [0.717, 1.165) is 16.8 Å². The quantitative estimate of drug-likeness (QED) is 0.874. The first-order valence-corrected chi connectivity index (χ1v) is 6.67. The minimum absolute atomic E-state index is 0.0109. The van der Waals surface area contributed by atoms with E-state index in [0.29, 0.717) is 6.54 Å². The molecule has 2 rings (SSSR count). The van der Waals surface area contributed by atoms with Crippen molar-refractivity contribution in [1.82, 2.24) is 4.90 Å². The highest BCUT2D eigenvalue weighted by molar-refractivity contribution is 5.87. The highest BCUT2D eigenvalue weighted by Gasteiger charge is 2.37. The first-order chi connectivity index (χ1) is 8.97. The second-order valence-electron chi connectivity index (χ2n) is 5.41. The molecule has 1 amide bonds. The van der Waals surface area contributed by atoms with Gasteiger partial charge < -0.3 is 14.9 Å². The summed E-state index contributed by atoms with van der Waals surface area (Å²) in [4.78, 5) is 16.0. The van der Waals surface area contributed by atoms with Gasteiger partial charge >= 0.3 is 0 Å². The molecule has 1 aromatic rings. The van der Waals surface area contributed by atoms with Crippen molar-refractivity contribution in [2.24, 2.45) is 0 Å². The molecule has 0 bridgehead atoms. The average Bonchev–Trinajstić information content (AvgIpc) is 2.35. The zero-order valence-corrected chi connectivity index (χ0v) is 12.1. The molecule has 1 fully saturated rings. The molecule has 0 radical (unpaired) electrons. The number of anilines is 1. The molecule has 0 saturated carbocycles. The number of nitrogens with zero attached hydrogens (tertiary/aromatic N) is 2. The molecular weight excluding hydrogens is 240 g/mol. The third-order valence-electron chi connectivity index (χ3n) is 3.88. The predicted octanol–water partition coefficient (Wildman–Crippen LogP) is 1.33. The largest absolute Gasteiger partial charge is 0.394 e. The van der Waals surface area contributed by atoms with Crippen LogP contribution >= 0.6 is 0 Å². The Morgan fingerprint density at radius 2 is 1.89 bits per heavy atom. The zero-order chi connectivity index (χ0) is 14.2. The van der Waals surface area contributed by atoms with E-state index in [4.69, 9.17) is 0 Å². The summed E-state index contributed by atoms with van der Waals surface area (Å²) in [6.07, 6.45) is 0. The topological polar surface area (TPSA) is 43.8 Å². The summed E-state index contributed by atoms with van der Waals surface area (Å²) >= 11 is 0. The zero-order valence-electron chi connectivity index (χ0n) is 12.1. The number of carbonyl (C=O) groups is 1. The number of hydrogen-bond acceptors (Lipinski definition) is 3. The van der Waals surface area contributed by atoms with E-state index >= 15 is 0 Å². The standard InChI is InChI=1S/C15H22N2O2/c1-10-6-5-7-11(2)14(10)17-12(3)8-16(4)15(19)13(17)9-18/h5-7,12-13,18H,8-9H2,1-4H3. The molecule has 2 unspecified atom stereocenters. The number of carbonyl (C=O) groups excluding carboxylic acids is 1. The Bertz CT molecular complexity index is 467. The van der Waals surface area contributed by atoms with Gasteiger partial charge in [-0.25, -0.2) is 0 Å². The Morgan fingerprint density at radius 3 is 2.42 bits per heavy atom. The Hall–Kier alpha value is -1.55. The van der Waals surface area contributed by atoms with Crippen molar-refractivity contribution >= 4 is 11.6 Å². The lowest BCUT2D eigenvalue weighted by molar-refractivity contribution is -0.134. The van der Waals surface area contributed by atoms with Crippen LogP contribution in [0.4, 0.5) is 5.69 Å². The van der Waals surface area contributed by atoms with Crippen LogP contribution in [0.2, 0.25) is 0 Å². The molecule has 0 aliphatic carbocycles. The van der Waals surface area contributed by atoms with E-state index in [1.165, 1.54) is 0 Å². The molecular formula is C15H22N2O2. The van der Waals surface area contributed by atoms with E-state index in [-0.39, 0.29) is 18.6 Å². The summed E-state index contributed by atoms with van der Waals surface area (Å²) < 4.78 is 0. The molecule has 1 N–H and O–H groups in total. The van der Waals surface area contributed by atoms with Gasteiger partial charge in [0.15, 0.2) is 0 Å². The molecule has 2 atom stereocenters. The smallest absolute Gasteiger partial charge is 0.247 e. The fourth-order valence-electron chi connectivity index (χ4n) is 3.01. The maximum absolute atomic E-state index is 12.2. The average molecular weight is 262 g/mol. The third-order valence-corrected chi connectivity index (χ3v) is 3.88. The van der Waals surface area contributed by atoms with Crippen LogP contribution in [0.25, 0.3) is 0 Å². The Balaban J connectivity index is 2.49. The number of amides is 1. The summed E-state index contributed by atoms with van der Waals surface area (Å²) in [7, 11) is 1.80. The van der Waals surface area contributed by atoms with E-state index in [1.54, 1.807) is 11.9 Å². The van der Waals surface area contributed by atoms with Crippen molar-refractivity contribution in [2.45, 2.75) is 32.9 Å². The van der Waals surface area contributed by atoms with Crippen molar-refractivity contribution in [1.29, 1.82) is 0 Å². The van der Waals surface area contributed by atoms with Gasteiger partial charge in [0.05, 0.1) is 6.61 Å². The number of hydrogen-bond donors (Lipinski definition) is 1. The van der Waals surface area contributed by atoms with Crippen LogP contribution in [0.1, 0.15) is 18.1 Å². The highest BCUT2D eigenvalue weighted by Crippen LogP contribution is 2.31. The summed E-state index contributed by atoms with van der Waals surface area (Å²) in [6.45, 7) is 6.72. The Morgan fingerprint density at radius 1 is 1.32 bits per heavy atom. The molecule has 104 valence electrons. The SMILES string of the molecule is Cc1cccc(C)c1N1C(C)CN(C)C(=O)C1CO. The maximum Gasteiger partial charge on any atom is 0.247 e. The summed E-state index contributed by atoms with van der Waals surface area (Å²) in [5.41, 5.74) is 3.36. The van der Waals surface area contributed by atoms with Crippen molar-refractivity contribution in [3.05, 3.63) is 29.3 Å². The van der Waals surface area contributed by atoms with E-state index < -0.39 is 6.04 Å². The van der Waals surface area contributed by atoms with Crippen LogP contribution in [0.5, 0.6) is 0 Å². The van der Waals surface area contributed by atoms with Crippen LogP contribution < -0.4 is 4.90 Å². The van der Waals surface area contributed by atoms with E-state index in [2.05, 4.69) is 11.8 Å². The van der Waals surface area contributed by atoms with Crippen LogP contribution in [-0.4, -0.2) is 48.2 Å². The minimum atomic E-state index is -0.478. The Labute approximate surface area is 114 Å². The van der Waals surface area contributed by atoms with Gasteiger partial charge in [-0.15, -0.1) is 0 Å².